The van der Waals surface area contributed by atoms with Crippen molar-refractivity contribution in [3.05, 3.63) is 29.8 Å². The first-order valence-electron chi connectivity index (χ1n) is 7.08. The van der Waals surface area contributed by atoms with Crippen LogP contribution in [0, 0.1) is 6.92 Å². The second-order valence-corrected chi connectivity index (χ2v) is 7.53. The predicted octanol–water partition coefficient (Wildman–Crippen LogP) is 2.10. The SMILES string of the molecule is CCS(=O)(=O)CCCN(CCC(=O)O)c1ccc(C)cc1. The molecule has 0 radical (unpaired) electrons. The van der Waals surface area contributed by atoms with Gasteiger partial charge in [-0.25, -0.2) is 8.42 Å². The lowest BCUT2D eigenvalue weighted by molar-refractivity contribution is -0.136. The van der Waals surface area contributed by atoms with Crippen LogP contribution in [0.2, 0.25) is 0 Å². The summed E-state index contributed by atoms with van der Waals surface area (Å²) in [5.74, 6) is -0.570. The van der Waals surface area contributed by atoms with Gasteiger partial charge >= 0.3 is 5.97 Å². The lowest BCUT2D eigenvalue weighted by atomic mass is 10.2. The van der Waals surface area contributed by atoms with E-state index >= 15 is 0 Å². The molecule has 0 atom stereocenters. The molecule has 5 nitrogen and oxygen atoms in total. The third kappa shape index (κ3) is 6.62. The number of benzene rings is 1. The lowest BCUT2D eigenvalue weighted by Gasteiger charge is -2.24. The van der Waals surface area contributed by atoms with Crippen LogP contribution in [-0.4, -0.2) is 44.1 Å². The van der Waals surface area contributed by atoms with Crippen molar-refractivity contribution in [3.8, 4) is 0 Å². The molecule has 0 aliphatic heterocycles. The molecule has 0 spiro atoms. The average Bonchev–Trinajstić information content (AvgIpc) is 2.43. The molecule has 1 aromatic carbocycles. The number of carboxylic acids is 1. The molecule has 0 unspecified atom stereocenters. The van der Waals surface area contributed by atoms with E-state index in [0.717, 1.165) is 11.3 Å². The van der Waals surface area contributed by atoms with Crippen molar-refractivity contribution >= 4 is 21.5 Å². The highest BCUT2D eigenvalue weighted by Gasteiger charge is 2.12. The third-order valence-corrected chi connectivity index (χ3v) is 5.11. The van der Waals surface area contributed by atoms with E-state index in [0.29, 0.717) is 19.5 Å². The van der Waals surface area contributed by atoms with E-state index in [1.54, 1.807) is 6.92 Å². The van der Waals surface area contributed by atoms with Crippen molar-refractivity contribution < 1.29 is 18.3 Å². The van der Waals surface area contributed by atoms with Gasteiger partial charge in [-0.2, -0.15) is 0 Å². The maximum atomic E-state index is 11.5. The molecule has 21 heavy (non-hydrogen) atoms. The lowest BCUT2D eigenvalue weighted by Crippen LogP contribution is -2.28. The summed E-state index contributed by atoms with van der Waals surface area (Å²) in [7, 11) is -2.98. The van der Waals surface area contributed by atoms with Gasteiger partial charge in [-0.3, -0.25) is 4.79 Å². The fourth-order valence-corrected chi connectivity index (χ4v) is 2.83. The zero-order valence-corrected chi connectivity index (χ0v) is 13.4. The number of aliphatic carboxylic acids is 1. The van der Waals surface area contributed by atoms with Gasteiger partial charge in [0.25, 0.3) is 0 Å². The summed E-state index contributed by atoms with van der Waals surface area (Å²) >= 11 is 0. The Morgan fingerprint density at radius 1 is 1.19 bits per heavy atom. The van der Waals surface area contributed by atoms with Gasteiger partial charge in [-0.1, -0.05) is 24.6 Å². The Morgan fingerprint density at radius 2 is 1.81 bits per heavy atom. The fraction of sp³-hybridized carbons (Fsp3) is 0.533. The van der Waals surface area contributed by atoms with Crippen LogP contribution in [0.1, 0.15) is 25.3 Å². The number of carbonyl (C=O) groups is 1. The highest BCUT2D eigenvalue weighted by Crippen LogP contribution is 2.16. The number of anilines is 1. The van der Waals surface area contributed by atoms with Crippen LogP contribution in [0.5, 0.6) is 0 Å². The number of nitrogens with zero attached hydrogens (tertiary/aromatic N) is 1. The van der Waals surface area contributed by atoms with Gasteiger partial charge in [0.1, 0.15) is 9.84 Å². The van der Waals surface area contributed by atoms with Crippen LogP contribution in [0.3, 0.4) is 0 Å². The largest absolute Gasteiger partial charge is 0.481 e. The van der Waals surface area contributed by atoms with Crippen LogP contribution < -0.4 is 4.90 Å². The van der Waals surface area contributed by atoms with Gasteiger partial charge in [0.2, 0.25) is 0 Å². The van der Waals surface area contributed by atoms with Gasteiger partial charge in [0.05, 0.1) is 12.2 Å². The van der Waals surface area contributed by atoms with Crippen LogP contribution in [-0.2, 0) is 14.6 Å². The van der Waals surface area contributed by atoms with Crippen molar-refractivity contribution in [1.82, 2.24) is 0 Å². The van der Waals surface area contributed by atoms with Gasteiger partial charge in [0.15, 0.2) is 0 Å². The van der Waals surface area contributed by atoms with Crippen molar-refractivity contribution in [3.63, 3.8) is 0 Å². The smallest absolute Gasteiger partial charge is 0.305 e. The summed E-state index contributed by atoms with van der Waals surface area (Å²) in [6.07, 6.45) is 0.540. The van der Waals surface area contributed by atoms with Crippen molar-refractivity contribution in [2.75, 3.05) is 29.5 Å². The molecule has 0 aromatic heterocycles. The number of hydrogen-bond donors (Lipinski definition) is 1. The minimum Gasteiger partial charge on any atom is -0.481 e. The fourth-order valence-electron chi connectivity index (χ4n) is 1.98. The third-order valence-electron chi connectivity index (χ3n) is 3.32. The van der Waals surface area contributed by atoms with E-state index in [-0.39, 0.29) is 17.9 Å². The monoisotopic (exact) mass is 313 g/mol. The van der Waals surface area contributed by atoms with Crippen LogP contribution in [0.15, 0.2) is 24.3 Å². The van der Waals surface area contributed by atoms with Crippen molar-refractivity contribution in [1.29, 1.82) is 0 Å². The minimum absolute atomic E-state index is 0.0361. The molecular weight excluding hydrogens is 290 g/mol. The summed E-state index contributed by atoms with van der Waals surface area (Å²) in [4.78, 5) is 12.7. The summed E-state index contributed by atoms with van der Waals surface area (Å²) in [5.41, 5.74) is 2.06. The molecule has 1 N–H and O–H groups in total. The molecule has 6 heteroatoms. The van der Waals surface area contributed by atoms with Crippen LogP contribution in [0.25, 0.3) is 0 Å². The summed E-state index contributed by atoms with van der Waals surface area (Å²) in [5, 5.41) is 8.82. The van der Waals surface area contributed by atoms with E-state index in [1.807, 2.05) is 36.1 Å². The predicted molar refractivity (Wildman–Crippen MR) is 84.6 cm³/mol. The Labute approximate surface area is 126 Å². The molecular formula is C15H23NO4S. The maximum absolute atomic E-state index is 11.5. The number of hydrogen-bond acceptors (Lipinski definition) is 4. The van der Waals surface area contributed by atoms with Gasteiger partial charge in [-0.05, 0) is 25.5 Å². The second-order valence-electron chi connectivity index (χ2n) is 5.06. The summed E-state index contributed by atoms with van der Waals surface area (Å²) in [6.45, 7) is 4.54. The first kappa shape index (κ1) is 17.5. The Balaban J connectivity index is 2.68. The second kappa shape index (κ2) is 8.02. The molecule has 0 aliphatic rings. The van der Waals surface area contributed by atoms with E-state index in [2.05, 4.69) is 0 Å². The van der Waals surface area contributed by atoms with Gasteiger partial charge in [-0.15, -0.1) is 0 Å². The van der Waals surface area contributed by atoms with Crippen molar-refractivity contribution in [2.45, 2.75) is 26.7 Å². The minimum atomic E-state index is -2.98. The zero-order chi connectivity index (χ0) is 15.9. The molecule has 0 saturated heterocycles. The van der Waals surface area contributed by atoms with E-state index in [9.17, 15) is 13.2 Å². The van der Waals surface area contributed by atoms with E-state index < -0.39 is 15.8 Å². The van der Waals surface area contributed by atoms with Gasteiger partial charge < -0.3 is 10.0 Å². The van der Waals surface area contributed by atoms with Crippen molar-refractivity contribution in [2.24, 2.45) is 0 Å². The number of rotatable bonds is 9. The zero-order valence-electron chi connectivity index (χ0n) is 12.6. The molecule has 118 valence electrons. The standard InChI is InChI=1S/C15H23NO4S/c1-3-21(19,20)12-4-10-16(11-9-15(17)18)14-7-5-13(2)6-8-14/h5-8H,3-4,9-12H2,1-2H3,(H,17,18). The maximum Gasteiger partial charge on any atom is 0.305 e. The topological polar surface area (TPSA) is 74.7 Å². The molecule has 0 bridgehead atoms. The summed E-state index contributed by atoms with van der Waals surface area (Å²) in [6, 6.07) is 7.80. The van der Waals surface area contributed by atoms with Crippen LogP contribution >= 0.6 is 0 Å². The Morgan fingerprint density at radius 3 is 2.33 bits per heavy atom. The highest BCUT2D eigenvalue weighted by molar-refractivity contribution is 7.91. The number of sulfone groups is 1. The number of aryl methyl sites for hydroxylation is 1. The van der Waals surface area contributed by atoms with E-state index in [4.69, 9.17) is 5.11 Å². The van der Waals surface area contributed by atoms with Crippen LogP contribution in [0.4, 0.5) is 5.69 Å². The first-order valence-corrected chi connectivity index (χ1v) is 8.90. The normalized spacial score (nSPS) is 11.3. The van der Waals surface area contributed by atoms with E-state index in [1.165, 1.54) is 0 Å². The Bertz CT molecular complexity index is 552. The molecule has 1 aromatic rings. The Hall–Kier alpha value is -1.56. The first-order chi connectivity index (χ1) is 9.84. The molecule has 0 amide bonds. The number of carboxylic acid groups (broad SMARTS) is 1. The molecule has 0 fully saturated rings. The highest BCUT2D eigenvalue weighted by atomic mass is 32.2. The molecule has 0 saturated carbocycles. The quantitative estimate of drug-likeness (QED) is 0.755. The molecule has 1 rings (SSSR count). The average molecular weight is 313 g/mol. The molecule has 0 heterocycles. The Kier molecular flexibility index (Phi) is 6.68. The molecule has 0 aliphatic carbocycles. The summed E-state index contributed by atoms with van der Waals surface area (Å²) < 4.78 is 23.0. The van der Waals surface area contributed by atoms with Gasteiger partial charge in [0, 0.05) is 24.5 Å².